The van der Waals surface area contributed by atoms with E-state index in [0.717, 1.165) is 9.13 Å². The Morgan fingerprint density at radius 3 is 2.62 bits per heavy atom. The second-order valence-electron chi connectivity index (χ2n) is 5.37. The van der Waals surface area contributed by atoms with Crippen LogP contribution in [0.25, 0.3) is 11.4 Å². The van der Waals surface area contributed by atoms with Crippen molar-refractivity contribution < 1.29 is 14.1 Å². The first-order valence-electron chi connectivity index (χ1n) is 6.39. The summed E-state index contributed by atoms with van der Waals surface area (Å²) in [5.74, 6) is 0.821. The van der Waals surface area contributed by atoms with E-state index in [1.807, 2.05) is 24.3 Å². The van der Waals surface area contributed by atoms with E-state index in [1.54, 1.807) is 20.8 Å². The van der Waals surface area contributed by atoms with Crippen molar-refractivity contribution in [2.75, 3.05) is 0 Å². The molecule has 0 radical (unpaired) electrons. The summed E-state index contributed by atoms with van der Waals surface area (Å²) in [6, 6.07) is 7.76. The predicted octanol–water partition coefficient (Wildman–Crippen LogP) is 3.37. The Labute approximate surface area is 136 Å². The first-order chi connectivity index (χ1) is 9.83. The van der Waals surface area contributed by atoms with E-state index >= 15 is 0 Å². The van der Waals surface area contributed by atoms with Crippen LogP contribution in [0.15, 0.2) is 28.8 Å². The van der Waals surface area contributed by atoms with Gasteiger partial charge in [-0.25, -0.2) is 4.79 Å². The fraction of sp³-hybridized carbons (Fsp3) is 0.357. The van der Waals surface area contributed by atoms with Gasteiger partial charge in [0.25, 0.3) is 0 Å². The minimum absolute atomic E-state index is 0.131. The van der Waals surface area contributed by atoms with Crippen LogP contribution in [0, 0.1) is 3.57 Å². The van der Waals surface area contributed by atoms with Gasteiger partial charge in [0, 0.05) is 9.13 Å². The topological polar surface area (TPSA) is 77.2 Å². The number of nitrogens with one attached hydrogen (secondary N) is 1. The Bertz CT molecular complexity index is 617. The molecule has 6 nitrogen and oxygen atoms in total. The zero-order valence-corrected chi connectivity index (χ0v) is 14.2. The molecule has 0 atom stereocenters. The standard InChI is InChI=1S/C14H16IN3O3/c1-14(2,3)20-13(19)16-8-11-17-12(18-21-11)9-4-6-10(15)7-5-9/h4-7H,8H2,1-3H3,(H,16,19). The SMILES string of the molecule is CC(C)(C)OC(=O)NCc1nc(-c2ccc(I)cc2)no1. The van der Waals surface area contributed by atoms with Crippen LogP contribution in [0.5, 0.6) is 0 Å². The molecule has 0 bridgehead atoms. The van der Waals surface area contributed by atoms with Gasteiger partial charge in [-0.15, -0.1) is 0 Å². The van der Waals surface area contributed by atoms with Gasteiger partial charge >= 0.3 is 6.09 Å². The summed E-state index contributed by atoms with van der Waals surface area (Å²) in [5, 5.41) is 6.46. The number of carbonyl (C=O) groups excluding carboxylic acids is 1. The molecule has 0 saturated heterocycles. The number of hydrogen-bond acceptors (Lipinski definition) is 5. The highest BCUT2D eigenvalue weighted by atomic mass is 127. The summed E-state index contributed by atoms with van der Waals surface area (Å²) >= 11 is 2.23. The third-order valence-electron chi connectivity index (χ3n) is 2.35. The van der Waals surface area contributed by atoms with Gasteiger partial charge in [-0.1, -0.05) is 17.3 Å². The van der Waals surface area contributed by atoms with Crippen LogP contribution < -0.4 is 5.32 Å². The van der Waals surface area contributed by atoms with E-state index in [0.29, 0.717) is 11.7 Å². The lowest BCUT2D eigenvalue weighted by Gasteiger charge is -2.19. The molecule has 0 saturated carbocycles. The number of amides is 1. The minimum atomic E-state index is -0.536. The number of aromatic nitrogens is 2. The van der Waals surface area contributed by atoms with Crippen molar-refractivity contribution in [1.82, 2.24) is 15.5 Å². The van der Waals surface area contributed by atoms with Crippen LogP contribution in [-0.4, -0.2) is 21.8 Å². The van der Waals surface area contributed by atoms with Crippen molar-refractivity contribution in [2.24, 2.45) is 0 Å². The Kier molecular flexibility index (Phi) is 4.81. The van der Waals surface area contributed by atoms with Crippen molar-refractivity contribution >= 4 is 28.7 Å². The zero-order chi connectivity index (χ0) is 15.5. The first-order valence-corrected chi connectivity index (χ1v) is 7.47. The summed E-state index contributed by atoms with van der Waals surface area (Å²) < 4.78 is 11.4. The molecule has 112 valence electrons. The third kappa shape index (κ3) is 5.00. The molecule has 0 unspecified atom stereocenters. The van der Waals surface area contributed by atoms with Crippen molar-refractivity contribution in [1.29, 1.82) is 0 Å². The molecule has 1 amide bonds. The largest absolute Gasteiger partial charge is 0.444 e. The van der Waals surface area contributed by atoms with Crippen molar-refractivity contribution in [2.45, 2.75) is 32.9 Å². The Morgan fingerprint density at radius 1 is 1.33 bits per heavy atom. The maximum absolute atomic E-state index is 11.5. The summed E-state index contributed by atoms with van der Waals surface area (Å²) in [7, 11) is 0. The molecule has 2 rings (SSSR count). The fourth-order valence-electron chi connectivity index (χ4n) is 1.50. The average Bonchev–Trinajstić information content (AvgIpc) is 2.84. The lowest BCUT2D eigenvalue weighted by atomic mass is 10.2. The molecule has 0 aliphatic carbocycles. The van der Waals surface area contributed by atoms with Gasteiger partial charge in [-0.3, -0.25) is 0 Å². The van der Waals surface area contributed by atoms with Gasteiger partial charge < -0.3 is 14.6 Å². The Balaban J connectivity index is 1.94. The van der Waals surface area contributed by atoms with Crippen LogP contribution in [0.2, 0.25) is 0 Å². The highest BCUT2D eigenvalue weighted by molar-refractivity contribution is 14.1. The molecule has 0 aliphatic heterocycles. The average molecular weight is 401 g/mol. The Morgan fingerprint density at radius 2 is 2.00 bits per heavy atom. The second-order valence-corrected chi connectivity index (χ2v) is 6.62. The predicted molar refractivity (Wildman–Crippen MR) is 85.5 cm³/mol. The quantitative estimate of drug-likeness (QED) is 0.799. The number of nitrogens with zero attached hydrogens (tertiary/aromatic N) is 2. The lowest BCUT2D eigenvalue weighted by Crippen LogP contribution is -2.32. The smallest absolute Gasteiger partial charge is 0.408 e. The molecule has 1 aromatic carbocycles. The van der Waals surface area contributed by atoms with Gasteiger partial charge in [0.1, 0.15) is 12.1 Å². The molecular formula is C14H16IN3O3. The monoisotopic (exact) mass is 401 g/mol. The molecule has 0 fully saturated rings. The molecule has 1 N–H and O–H groups in total. The molecule has 2 aromatic rings. The van der Waals surface area contributed by atoms with E-state index in [-0.39, 0.29) is 6.54 Å². The second kappa shape index (κ2) is 6.42. The zero-order valence-electron chi connectivity index (χ0n) is 12.0. The first kappa shape index (κ1) is 15.7. The normalized spacial score (nSPS) is 11.2. The van der Waals surface area contributed by atoms with Gasteiger partial charge in [-0.2, -0.15) is 4.98 Å². The number of benzene rings is 1. The number of alkyl carbamates (subject to hydrolysis) is 1. The number of carbonyl (C=O) groups is 1. The molecule has 1 aromatic heterocycles. The molecule has 7 heteroatoms. The molecular weight excluding hydrogens is 385 g/mol. The van der Waals surface area contributed by atoms with E-state index in [9.17, 15) is 4.79 Å². The summed E-state index contributed by atoms with van der Waals surface area (Å²) in [4.78, 5) is 15.8. The van der Waals surface area contributed by atoms with Crippen LogP contribution in [0.4, 0.5) is 4.79 Å². The summed E-state index contributed by atoms with van der Waals surface area (Å²) in [6.07, 6.45) is -0.517. The third-order valence-corrected chi connectivity index (χ3v) is 3.07. The highest BCUT2D eigenvalue weighted by Crippen LogP contribution is 2.17. The molecule has 1 heterocycles. The lowest BCUT2D eigenvalue weighted by molar-refractivity contribution is 0.0518. The number of halogens is 1. The minimum Gasteiger partial charge on any atom is -0.444 e. The van der Waals surface area contributed by atoms with Crippen LogP contribution in [0.1, 0.15) is 26.7 Å². The molecule has 21 heavy (non-hydrogen) atoms. The van der Waals surface area contributed by atoms with Crippen LogP contribution >= 0.6 is 22.6 Å². The van der Waals surface area contributed by atoms with Crippen molar-refractivity contribution in [3.8, 4) is 11.4 Å². The van der Waals surface area contributed by atoms with Crippen molar-refractivity contribution in [3.63, 3.8) is 0 Å². The molecule has 0 aliphatic rings. The van der Waals surface area contributed by atoms with Crippen LogP contribution in [-0.2, 0) is 11.3 Å². The van der Waals surface area contributed by atoms with Gasteiger partial charge in [0.05, 0.1) is 0 Å². The Hall–Kier alpha value is -1.64. The molecule has 0 spiro atoms. The van der Waals surface area contributed by atoms with Gasteiger partial charge in [0.15, 0.2) is 0 Å². The maximum Gasteiger partial charge on any atom is 0.408 e. The maximum atomic E-state index is 11.5. The fourth-order valence-corrected chi connectivity index (χ4v) is 1.86. The number of ether oxygens (including phenoxy) is 1. The summed E-state index contributed by atoms with van der Waals surface area (Å²) in [5.41, 5.74) is 0.327. The van der Waals surface area contributed by atoms with E-state index in [4.69, 9.17) is 9.26 Å². The number of hydrogen-bond donors (Lipinski definition) is 1. The van der Waals surface area contributed by atoms with E-state index in [2.05, 4.69) is 38.0 Å². The van der Waals surface area contributed by atoms with Crippen molar-refractivity contribution in [3.05, 3.63) is 33.7 Å². The van der Waals surface area contributed by atoms with E-state index < -0.39 is 11.7 Å². The van der Waals surface area contributed by atoms with Gasteiger partial charge in [0.2, 0.25) is 11.7 Å². The number of rotatable bonds is 3. The van der Waals surface area contributed by atoms with Crippen LogP contribution in [0.3, 0.4) is 0 Å². The summed E-state index contributed by atoms with van der Waals surface area (Å²) in [6.45, 7) is 5.53. The van der Waals surface area contributed by atoms with E-state index in [1.165, 1.54) is 0 Å². The van der Waals surface area contributed by atoms with Gasteiger partial charge in [-0.05, 0) is 55.5 Å². The highest BCUT2D eigenvalue weighted by Gasteiger charge is 2.17.